The molecule has 9 heteroatoms. The van der Waals surface area contributed by atoms with Crippen molar-refractivity contribution < 1.29 is 17.6 Å². The molecule has 0 spiro atoms. The zero-order valence-electron chi connectivity index (χ0n) is 12.4. The van der Waals surface area contributed by atoms with E-state index >= 15 is 0 Å². The number of benzene rings is 1. The maximum absolute atomic E-state index is 12.0. The Bertz CT molecular complexity index is 959. The van der Waals surface area contributed by atoms with E-state index in [-0.39, 0.29) is 10.8 Å². The third kappa shape index (κ3) is 3.29. The van der Waals surface area contributed by atoms with E-state index in [0.717, 1.165) is 0 Å². The third-order valence-corrected chi connectivity index (χ3v) is 5.77. The van der Waals surface area contributed by atoms with Crippen LogP contribution in [0.1, 0.15) is 5.76 Å². The van der Waals surface area contributed by atoms with E-state index in [0.29, 0.717) is 26.3 Å². The van der Waals surface area contributed by atoms with Crippen LogP contribution < -0.4 is 5.14 Å². The van der Waals surface area contributed by atoms with E-state index in [4.69, 9.17) is 21.8 Å². The number of sulfonamides is 1. The van der Waals surface area contributed by atoms with E-state index in [9.17, 15) is 13.2 Å². The summed E-state index contributed by atoms with van der Waals surface area (Å²) in [5.41, 5.74) is 0.699. The van der Waals surface area contributed by atoms with Crippen molar-refractivity contribution in [1.82, 2.24) is 4.90 Å². The standard InChI is InChI=1S/C15H12N2O4S3/c1-17-14(18)13(23-15(17)22)8-10-4-7-12(21-10)9-2-5-11(6-3-9)24(16,19)20/h2-8H,1H3,(H2,16,19,20). The molecule has 1 fully saturated rings. The molecule has 0 bridgehead atoms. The van der Waals surface area contributed by atoms with Crippen LogP contribution in [-0.2, 0) is 14.8 Å². The van der Waals surface area contributed by atoms with Gasteiger partial charge in [0.1, 0.15) is 15.8 Å². The van der Waals surface area contributed by atoms with Crippen LogP contribution in [0.15, 0.2) is 50.6 Å². The molecular weight excluding hydrogens is 368 g/mol. The fourth-order valence-corrected chi connectivity index (χ4v) is 3.74. The predicted octanol–water partition coefficient (Wildman–Crippen LogP) is 2.43. The van der Waals surface area contributed by atoms with Crippen LogP contribution >= 0.6 is 24.0 Å². The number of nitrogens with two attached hydrogens (primary N) is 1. The number of nitrogens with zero attached hydrogens (tertiary/aromatic N) is 1. The number of carbonyl (C=O) groups excluding carboxylic acids is 1. The van der Waals surface area contributed by atoms with Gasteiger partial charge in [-0.05, 0) is 36.4 Å². The summed E-state index contributed by atoms with van der Waals surface area (Å²) < 4.78 is 28.7. The van der Waals surface area contributed by atoms with Crippen LogP contribution in [-0.4, -0.2) is 30.6 Å². The van der Waals surface area contributed by atoms with E-state index in [1.807, 2.05) is 0 Å². The summed E-state index contributed by atoms with van der Waals surface area (Å²) in [6.45, 7) is 0. The Morgan fingerprint density at radius 2 is 1.88 bits per heavy atom. The lowest BCUT2D eigenvalue weighted by atomic mass is 10.2. The normalized spacial score (nSPS) is 17.1. The summed E-state index contributed by atoms with van der Waals surface area (Å²) >= 11 is 6.29. The Hall–Kier alpha value is -1.94. The molecule has 0 radical (unpaired) electrons. The average Bonchev–Trinajstić information content (AvgIpc) is 3.08. The SMILES string of the molecule is CN1C(=O)C(=Cc2ccc(-c3ccc(S(N)(=O)=O)cc3)o2)SC1=S. The molecule has 24 heavy (non-hydrogen) atoms. The lowest BCUT2D eigenvalue weighted by molar-refractivity contribution is -0.121. The number of amides is 1. The lowest BCUT2D eigenvalue weighted by Crippen LogP contribution is -2.22. The number of hydrogen-bond acceptors (Lipinski definition) is 6. The molecule has 0 atom stereocenters. The monoisotopic (exact) mass is 380 g/mol. The molecule has 1 aliphatic heterocycles. The Balaban J connectivity index is 1.86. The maximum atomic E-state index is 12.0. The first-order chi connectivity index (χ1) is 11.3. The summed E-state index contributed by atoms with van der Waals surface area (Å²) in [6.07, 6.45) is 1.63. The summed E-state index contributed by atoms with van der Waals surface area (Å²) in [5, 5.41) is 5.07. The second-order valence-electron chi connectivity index (χ2n) is 5.01. The molecule has 0 unspecified atom stereocenters. The molecule has 2 heterocycles. The van der Waals surface area contributed by atoms with Crippen LogP contribution in [0.2, 0.25) is 0 Å². The van der Waals surface area contributed by atoms with Gasteiger partial charge in [0.05, 0.1) is 9.80 Å². The second-order valence-corrected chi connectivity index (χ2v) is 8.25. The zero-order valence-corrected chi connectivity index (χ0v) is 14.9. The molecule has 2 N–H and O–H groups in total. The number of carbonyl (C=O) groups is 1. The quantitative estimate of drug-likeness (QED) is 0.649. The highest BCUT2D eigenvalue weighted by Gasteiger charge is 2.29. The first-order valence-electron chi connectivity index (χ1n) is 6.70. The van der Waals surface area contributed by atoms with Gasteiger partial charge in [-0.2, -0.15) is 0 Å². The maximum Gasteiger partial charge on any atom is 0.266 e. The van der Waals surface area contributed by atoms with E-state index in [1.54, 1.807) is 37.4 Å². The largest absolute Gasteiger partial charge is 0.457 e. The van der Waals surface area contributed by atoms with Gasteiger partial charge < -0.3 is 4.42 Å². The van der Waals surface area contributed by atoms with Crippen molar-refractivity contribution in [3.63, 3.8) is 0 Å². The first-order valence-corrected chi connectivity index (χ1v) is 9.47. The van der Waals surface area contributed by atoms with Gasteiger partial charge in [-0.1, -0.05) is 24.0 Å². The molecule has 1 amide bonds. The molecule has 0 aliphatic carbocycles. The van der Waals surface area contributed by atoms with Crippen molar-refractivity contribution in [2.75, 3.05) is 7.05 Å². The van der Waals surface area contributed by atoms with Gasteiger partial charge in [-0.25, -0.2) is 13.6 Å². The Labute approximate surface area is 148 Å². The van der Waals surface area contributed by atoms with Gasteiger partial charge in [-0.3, -0.25) is 9.69 Å². The van der Waals surface area contributed by atoms with Crippen molar-refractivity contribution in [3.8, 4) is 11.3 Å². The molecule has 2 aromatic rings. The van der Waals surface area contributed by atoms with Crippen molar-refractivity contribution in [1.29, 1.82) is 0 Å². The van der Waals surface area contributed by atoms with Gasteiger partial charge in [0.15, 0.2) is 0 Å². The molecule has 6 nitrogen and oxygen atoms in total. The van der Waals surface area contributed by atoms with E-state index in [2.05, 4.69) is 0 Å². The zero-order chi connectivity index (χ0) is 17.5. The summed E-state index contributed by atoms with van der Waals surface area (Å²) in [7, 11) is -2.10. The molecule has 3 rings (SSSR count). The summed E-state index contributed by atoms with van der Waals surface area (Å²) in [5.74, 6) is 0.893. The fraction of sp³-hybridized carbons (Fsp3) is 0.0667. The fourth-order valence-electron chi connectivity index (χ4n) is 2.07. The van der Waals surface area contributed by atoms with E-state index < -0.39 is 10.0 Å². The van der Waals surface area contributed by atoms with Gasteiger partial charge in [0, 0.05) is 18.7 Å². The first kappa shape index (κ1) is 16.9. The second kappa shape index (κ2) is 6.17. The van der Waals surface area contributed by atoms with Crippen molar-refractivity contribution in [2.45, 2.75) is 4.90 Å². The smallest absolute Gasteiger partial charge is 0.266 e. The molecular formula is C15H12N2O4S3. The molecule has 1 aromatic heterocycles. The molecule has 1 saturated heterocycles. The van der Waals surface area contributed by atoms with Gasteiger partial charge >= 0.3 is 0 Å². The van der Waals surface area contributed by atoms with Crippen LogP contribution in [0.5, 0.6) is 0 Å². The summed E-state index contributed by atoms with van der Waals surface area (Å²) in [6, 6.07) is 9.50. The number of thiocarbonyl (C=S) groups is 1. The van der Waals surface area contributed by atoms with Crippen LogP contribution in [0.25, 0.3) is 17.4 Å². The van der Waals surface area contributed by atoms with Crippen molar-refractivity contribution in [2.24, 2.45) is 5.14 Å². The number of hydrogen-bond donors (Lipinski definition) is 1. The summed E-state index contributed by atoms with van der Waals surface area (Å²) in [4.78, 5) is 13.9. The minimum absolute atomic E-state index is 0.0321. The highest BCUT2D eigenvalue weighted by Crippen LogP contribution is 2.32. The van der Waals surface area contributed by atoms with Crippen LogP contribution in [0, 0.1) is 0 Å². The highest BCUT2D eigenvalue weighted by atomic mass is 32.2. The van der Waals surface area contributed by atoms with Crippen molar-refractivity contribution >= 4 is 50.3 Å². The highest BCUT2D eigenvalue weighted by molar-refractivity contribution is 8.26. The Kier molecular flexibility index (Phi) is 4.35. The lowest BCUT2D eigenvalue weighted by Gasteiger charge is -2.03. The van der Waals surface area contributed by atoms with Gasteiger partial charge in [0.2, 0.25) is 10.0 Å². The van der Waals surface area contributed by atoms with Gasteiger partial charge in [-0.15, -0.1) is 0 Å². The Morgan fingerprint density at radius 1 is 1.21 bits per heavy atom. The van der Waals surface area contributed by atoms with Crippen molar-refractivity contribution in [3.05, 3.63) is 47.1 Å². The molecule has 0 saturated carbocycles. The number of thioether (sulfide) groups is 1. The minimum atomic E-state index is -3.73. The van der Waals surface area contributed by atoms with Gasteiger partial charge in [0.25, 0.3) is 5.91 Å². The number of primary sulfonamides is 1. The molecule has 1 aromatic carbocycles. The topological polar surface area (TPSA) is 93.6 Å². The molecule has 124 valence electrons. The third-order valence-electron chi connectivity index (χ3n) is 3.35. The van der Waals surface area contributed by atoms with E-state index in [1.165, 1.54) is 28.8 Å². The van der Waals surface area contributed by atoms with Crippen LogP contribution in [0.4, 0.5) is 0 Å². The van der Waals surface area contributed by atoms with Crippen LogP contribution in [0.3, 0.4) is 0 Å². The average molecular weight is 380 g/mol. The molecule has 1 aliphatic rings. The number of furan rings is 1. The Morgan fingerprint density at radius 3 is 2.42 bits per heavy atom. The minimum Gasteiger partial charge on any atom is -0.457 e. The number of likely N-dealkylation sites (N-methyl/N-ethyl adjacent to an activating group) is 1. The number of rotatable bonds is 3. The predicted molar refractivity (Wildman–Crippen MR) is 96.5 cm³/mol.